The van der Waals surface area contributed by atoms with Gasteiger partial charge in [-0.2, -0.15) is 0 Å². The van der Waals surface area contributed by atoms with Gasteiger partial charge in [-0.15, -0.1) is 12.8 Å². The van der Waals surface area contributed by atoms with E-state index < -0.39 is 0 Å². The van der Waals surface area contributed by atoms with Crippen LogP contribution in [-0.4, -0.2) is 24.0 Å². The highest BCUT2D eigenvalue weighted by molar-refractivity contribution is 6.08. The van der Waals surface area contributed by atoms with Crippen molar-refractivity contribution in [3.8, 4) is 36.2 Å². The third-order valence-corrected chi connectivity index (χ3v) is 2.98. The van der Waals surface area contributed by atoms with Crippen LogP contribution in [0.3, 0.4) is 0 Å². The number of nitrogens with zero attached hydrogens (tertiary/aromatic N) is 1. The highest BCUT2D eigenvalue weighted by atomic mass is 16.5. The van der Waals surface area contributed by atoms with Crippen molar-refractivity contribution in [3.05, 3.63) is 59.9 Å². The van der Waals surface area contributed by atoms with Crippen molar-refractivity contribution >= 4 is 11.9 Å². The molecule has 0 fully saturated rings. The Morgan fingerprint density at radius 3 is 2.50 bits per heavy atom. The Hall–Kier alpha value is -3.50. The molecule has 0 saturated heterocycles. The zero-order chi connectivity index (χ0) is 17.2. The lowest BCUT2D eigenvalue weighted by Crippen LogP contribution is -2.03. The van der Waals surface area contributed by atoms with Crippen LogP contribution in [0, 0.1) is 24.7 Å². The molecular formula is C20H15NO3. The van der Waals surface area contributed by atoms with E-state index >= 15 is 0 Å². The summed E-state index contributed by atoms with van der Waals surface area (Å²) in [5.74, 6) is 5.40. The highest BCUT2D eigenvalue weighted by Gasteiger charge is 2.12. The van der Waals surface area contributed by atoms with Gasteiger partial charge in [-0.05, 0) is 35.9 Å². The van der Waals surface area contributed by atoms with Crippen molar-refractivity contribution in [2.45, 2.75) is 0 Å². The number of terminal acetylenes is 2. The molecule has 0 amide bonds. The normalized spacial score (nSPS) is 9.92. The predicted octanol–water partition coefficient (Wildman–Crippen LogP) is 3.00. The number of hydrogen-bond donors (Lipinski definition) is 0. The number of ether oxygens (including phenoxy) is 2. The van der Waals surface area contributed by atoms with Crippen LogP contribution < -0.4 is 9.47 Å². The van der Waals surface area contributed by atoms with Crippen LogP contribution in [-0.2, 0) is 0 Å². The first kappa shape index (κ1) is 16.9. The van der Waals surface area contributed by atoms with Crippen LogP contribution >= 0.6 is 0 Å². The van der Waals surface area contributed by atoms with E-state index in [1.54, 1.807) is 48.8 Å². The second-order valence-corrected chi connectivity index (χ2v) is 4.62. The molecule has 0 radical (unpaired) electrons. The number of rotatable bonds is 7. The number of carbonyl (C=O) groups is 1. The van der Waals surface area contributed by atoms with E-state index in [1.807, 2.05) is 0 Å². The van der Waals surface area contributed by atoms with E-state index in [1.165, 1.54) is 6.08 Å². The van der Waals surface area contributed by atoms with E-state index in [4.69, 9.17) is 22.3 Å². The summed E-state index contributed by atoms with van der Waals surface area (Å²) in [5.41, 5.74) is 1.27. The minimum Gasteiger partial charge on any atom is -0.481 e. The predicted molar refractivity (Wildman–Crippen MR) is 92.7 cm³/mol. The summed E-state index contributed by atoms with van der Waals surface area (Å²) >= 11 is 0. The largest absolute Gasteiger partial charge is 0.481 e. The second-order valence-electron chi connectivity index (χ2n) is 4.62. The average molecular weight is 317 g/mol. The van der Waals surface area contributed by atoms with Gasteiger partial charge in [0.2, 0.25) is 0 Å². The third-order valence-electron chi connectivity index (χ3n) is 2.98. The zero-order valence-electron chi connectivity index (χ0n) is 12.9. The molecule has 4 nitrogen and oxygen atoms in total. The first-order valence-corrected chi connectivity index (χ1v) is 7.13. The van der Waals surface area contributed by atoms with E-state index in [9.17, 15) is 4.79 Å². The molecule has 0 saturated carbocycles. The van der Waals surface area contributed by atoms with E-state index in [2.05, 4.69) is 16.8 Å². The maximum absolute atomic E-state index is 12.4. The fraction of sp³-hybridized carbons (Fsp3) is 0.100. The molecule has 0 unspecified atom stereocenters. The van der Waals surface area contributed by atoms with Gasteiger partial charge in [-0.25, -0.2) is 0 Å². The molecule has 0 spiro atoms. The summed E-state index contributed by atoms with van der Waals surface area (Å²) < 4.78 is 10.8. The van der Waals surface area contributed by atoms with Crippen LogP contribution in [0.25, 0.3) is 6.08 Å². The van der Waals surface area contributed by atoms with Gasteiger partial charge in [-0.3, -0.25) is 9.78 Å². The van der Waals surface area contributed by atoms with Gasteiger partial charge in [0.05, 0.1) is 5.56 Å². The summed E-state index contributed by atoms with van der Waals surface area (Å²) in [6, 6.07) is 8.49. The van der Waals surface area contributed by atoms with Gasteiger partial charge >= 0.3 is 0 Å². The summed E-state index contributed by atoms with van der Waals surface area (Å²) in [5, 5.41) is 0. The number of hydrogen-bond acceptors (Lipinski definition) is 4. The van der Waals surface area contributed by atoms with Gasteiger partial charge in [0.25, 0.3) is 0 Å². The lowest BCUT2D eigenvalue weighted by atomic mass is 10.1. The van der Waals surface area contributed by atoms with Gasteiger partial charge < -0.3 is 9.47 Å². The zero-order valence-corrected chi connectivity index (χ0v) is 12.9. The molecule has 1 aromatic carbocycles. The second kappa shape index (κ2) is 8.82. The molecule has 2 aromatic rings. The Kier molecular flexibility index (Phi) is 6.20. The molecule has 24 heavy (non-hydrogen) atoms. The summed E-state index contributed by atoms with van der Waals surface area (Å²) in [4.78, 5) is 16.3. The monoisotopic (exact) mass is 317 g/mol. The van der Waals surface area contributed by atoms with Crippen molar-refractivity contribution in [2.24, 2.45) is 0 Å². The molecule has 0 bridgehead atoms. The molecule has 118 valence electrons. The Labute approximate surface area is 141 Å². The number of benzene rings is 1. The van der Waals surface area contributed by atoms with Gasteiger partial charge in [0, 0.05) is 18.5 Å². The maximum atomic E-state index is 12.4. The third kappa shape index (κ3) is 4.76. The minimum absolute atomic E-state index is 0.0486. The number of aromatic nitrogens is 1. The molecule has 1 aromatic heterocycles. The topological polar surface area (TPSA) is 48.4 Å². The molecule has 0 aliphatic rings. The van der Waals surface area contributed by atoms with Crippen molar-refractivity contribution in [2.75, 3.05) is 13.2 Å². The maximum Gasteiger partial charge on any atom is 0.189 e. The highest BCUT2D eigenvalue weighted by Crippen LogP contribution is 2.26. The van der Waals surface area contributed by atoms with Crippen molar-refractivity contribution in [3.63, 3.8) is 0 Å². The smallest absolute Gasteiger partial charge is 0.189 e. The number of carbonyl (C=O) groups excluding carboxylic acids is 1. The van der Waals surface area contributed by atoms with Crippen molar-refractivity contribution in [1.29, 1.82) is 0 Å². The molecule has 0 atom stereocenters. The van der Waals surface area contributed by atoms with Gasteiger partial charge in [0.1, 0.15) is 24.7 Å². The van der Waals surface area contributed by atoms with E-state index in [-0.39, 0.29) is 19.0 Å². The van der Waals surface area contributed by atoms with Crippen LogP contribution in [0.15, 0.2) is 48.8 Å². The summed E-state index contributed by atoms with van der Waals surface area (Å²) in [6.07, 6.45) is 16.9. The van der Waals surface area contributed by atoms with E-state index in [0.29, 0.717) is 17.1 Å². The Morgan fingerprint density at radius 1 is 1.08 bits per heavy atom. The SMILES string of the molecule is C#CCOc1ccc(C(=O)/C=C/c2ccncc2)c(OCC#C)c1. The fourth-order valence-corrected chi connectivity index (χ4v) is 1.90. The van der Waals surface area contributed by atoms with Crippen molar-refractivity contribution in [1.82, 2.24) is 4.98 Å². The number of ketones is 1. The van der Waals surface area contributed by atoms with Gasteiger partial charge in [-0.1, -0.05) is 17.9 Å². The average Bonchev–Trinajstić information content (AvgIpc) is 2.63. The molecule has 0 N–H and O–H groups in total. The van der Waals surface area contributed by atoms with Crippen LogP contribution in [0.5, 0.6) is 11.5 Å². The summed E-state index contributed by atoms with van der Waals surface area (Å²) in [7, 11) is 0. The van der Waals surface area contributed by atoms with E-state index in [0.717, 1.165) is 5.56 Å². The molecular weight excluding hydrogens is 302 g/mol. The van der Waals surface area contributed by atoms with Crippen LogP contribution in [0.4, 0.5) is 0 Å². The van der Waals surface area contributed by atoms with Gasteiger partial charge in [0.15, 0.2) is 5.78 Å². The lowest BCUT2D eigenvalue weighted by molar-refractivity contribution is 0.104. The summed E-state index contributed by atoms with van der Waals surface area (Å²) in [6.45, 7) is 0.177. The molecule has 0 aliphatic heterocycles. The first-order valence-electron chi connectivity index (χ1n) is 7.13. The molecule has 2 rings (SSSR count). The quantitative estimate of drug-likeness (QED) is 0.447. The Bertz CT molecular complexity index is 811. The number of allylic oxidation sites excluding steroid dienone is 1. The van der Waals surface area contributed by atoms with Crippen molar-refractivity contribution < 1.29 is 14.3 Å². The fourth-order valence-electron chi connectivity index (χ4n) is 1.90. The minimum atomic E-state index is -0.206. The van der Waals surface area contributed by atoms with Crippen LogP contribution in [0.1, 0.15) is 15.9 Å². The Balaban J connectivity index is 2.23. The Morgan fingerprint density at radius 2 is 1.79 bits per heavy atom. The molecule has 0 aliphatic carbocycles. The lowest BCUT2D eigenvalue weighted by Gasteiger charge is -2.10. The van der Waals surface area contributed by atoms with Crippen LogP contribution in [0.2, 0.25) is 0 Å². The first-order chi connectivity index (χ1) is 11.7. The molecule has 1 heterocycles. The standard InChI is InChI=1S/C20H15NO3/c1-3-13-23-17-6-7-18(20(15-17)24-14-4-2)19(22)8-5-16-9-11-21-12-10-16/h1-2,5-12,15H,13-14H2/b8-5+. The molecule has 4 heteroatoms. The number of pyridine rings is 1.